The van der Waals surface area contributed by atoms with Crippen LogP contribution in [0.3, 0.4) is 0 Å². The topological polar surface area (TPSA) is 146 Å². The van der Waals surface area contributed by atoms with Crippen LogP contribution in [0.25, 0.3) is 0 Å². The van der Waals surface area contributed by atoms with Gasteiger partial charge in [-0.05, 0) is 42.2 Å². The van der Waals surface area contributed by atoms with Crippen LogP contribution in [-0.4, -0.2) is 71.8 Å². The van der Waals surface area contributed by atoms with Crippen molar-refractivity contribution in [2.45, 2.75) is 78.4 Å². The second kappa shape index (κ2) is 18.0. The highest BCUT2D eigenvalue weighted by Crippen LogP contribution is 2.19. The third kappa shape index (κ3) is 12.4. The molecule has 0 radical (unpaired) electrons. The van der Waals surface area contributed by atoms with E-state index in [2.05, 4.69) is 16.0 Å². The molecule has 1 heterocycles. The van der Waals surface area contributed by atoms with Crippen molar-refractivity contribution in [3.8, 4) is 0 Å². The number of carbonyl (C=O) groups excluding carboxylic acids is 4. The van der Waals surface area contributed by atoms with E-state index in [1.165, 1.54) is 0 Å². The summed E-state index contributed by atoms with van der Waals surface area (Å²) in [5.74, 6) is -0.764. The molecule has 4 amide bonds. The van der Waals surface area contributed by atoms with Crippen LogP contribution in [-0.2, 0) is 32.3 Å². The average molecular weight is 625 g/mol. The van der Waals surface area contributed by atoms with Crippen LogP contribution in [0.15, 0.2) is 60.7 Å². The fourth-order valence-electron chi connectivity index (χ4n) is 5.27. The van der Waals surface area contributed by atoms with Gasteiger partial charge in [0.05, 0.1) is 18.1 Å². The molecule has 1 aliphatic heterocycles. The standard InChI is InChI=1S/C34H48N4O7/c1-23(2)17-27(19-35-33(42)44-21-25-11-7-5-8-12-25)32(41)38-16-15-28(30(39)20-38)36-31(40)29(18-24(3)4)37-34(43)45-22-26-13-9-6-10-14-26/h5-14,23-24,27-30,39H,15-22H2,1-4H3,(H,35,42)(H,36,40)(H,37,43)/t27-,28?,29-,30?/m0/s1. The lowest BCUT2D eigenvalue weighted by molar-refractivity contribution is -0.140. The molecule has 45 heavy (non-hydrogen) atoms. The highest BCUT2D eigenvalue weighted by atomic mass is 16.6. The van der Waals surface area contributed by atoms with E-state index in [4.69, 9.17) is 9.47 Å². The van der Waals surface area contributed by atoms with Gasteiger partial charge < -0.3 is 35.4 Å². The molecule has 0 spiro atoms. The number of piperidine rings is 1. The molecular formula is C34H48N4O7. The Morgan fingerprint density at radius 2 is 1.40 bits per heavy atom. The van der Waals surface area contributed by atoms with E-state index in [0.29, 0.717) is 25.8 Å². The number of β-amino-alcohol motifs (C(OH)–C–C–N with tert-alkyl or cyclic N) is 1. The highest BCUT2D eigenvalue weighted by molar-refractivity contribution is 5.86. The Morgan fingerprint density at radius 1 is 0.844 bits per heavy atom. The summed E-state index contributed by atoms with van der Waals surface area (Å²) in [6.07, 6.45) is -1.03. The smallest absolute Gasteiger partial charge is 0.408 e. The summed E-state index contributed by atoms with van der Waals surface area (Å²) in [6, 6.07) is 17.1. The molecule has 3 rings (SSSR count). The maximum absolute atomic E-state index is 13.5. The molecular weight excluding hydrogens is 576 g/mol. The first kappa shape index (κ1) is 35.4. The first-order valence-corrected chi connectivity index (χ1v) is 15.7. The van der Waals surface area contributed by atoms with Crippen LogP contribution >= 0.6 is 0 Å². The lowest BCUT2D eigenvalue weighted by atomic mass is 9.93. The summed E-state index contributed by atoms with van der Waals surface area (Å²) in [6.45, 7) is 8.59. The number of carbonyl (C=O) groups is 4. The van der Waals surface area contributed by atoms with Gasteiger partial charge in [0.15, 0.2) is 0 Å². The first-order valence-electron chi connectivity index (χ1n) is 15.7. The summed E-state index contributed by atoms with van der Waals surface area (Å²) in [4.78, 5) is 53.1. The van der Waals surface area contributed by atoms with Gasteiger partial charge in [0.2, 0.25) is 11.8 Å². The Kier molecular flexibility index (Phi) is 14.1. The fraction of sp³-hybridized carbons (Fsp3) is 0.529. The van der Waals surface area contributed by atoms with Gasteiger partial charge in [-0.25, -0.2) is 9.59 Å². The molecule has 0 saturated carbocycles. The van der Waals surface area contributed by atoms with Gasteiger partial charge in [0.1, 0.15) is 19.3 Å². The zero-order chi connectivity index (χ0) is 32.8. The molecule has 246 valence electrons. The number of nitrogens with one attached hydrogen (secondary N) is 3. The second-order valence-corrected chi connectivity index (χ2v) is 12.4. The maximum Gasteiger partial charge on any atom is 0.408 e. The van der Waals surface area contributed by atoms with Crippen molar-refractivity contribution in [3.63, 3.8) is 0 Å². The van der Waals surface area contributed by atoms with E-state index in [0.717, 1.165) is 11.1 Å². The largest absolute Gasteiger partial charge is 0.445 e. The molecule has 2 aromatic carbocycles. The number of aliphatic hydroxyl groups excluding tert-OH is 1. The fourth-order valence-corrected chi connectivity index (χ4v) is 5.27. The molecule has 4 N–H and O–H groups in total. The second-order valence-electron chi connectivity index (χ2n) is 12.4. The van der Waals surface area contributed by atoms with E-state index in [-0.39, 0.29) is 44.0 Å². The number of ether oxygens (including phenoxy) is 2. The molecule has 11 heteroatoms. The molecule has 1 aliphatic rings. The van der Waals surface area contributed by atoms with E-state index >= 15 is 0 Å². The average Bonchev–Trinajstić information content (AvgIpc) is 3.02. The minimum absolute atomic E-state index is 0.0399. The summed E-state index contributed by atoms with van der Waals surface area (Å²) in [5, 5.41) is 19.2. The minimum Gasteiger partial charge on any atom is -0.445 e. The Balaban J connectivity index is 1.50. The van der Waals surface area contributed by atoms with E-state index < -0.39 is 42.2 Å². The molecule has 2 aromatic rings. The summed E-state index contributed by atoms with van der Waals surface area (Å²) in [7, 11) is 0. The molecule has 0 bridgehead atoms. The van der Waals surface area contributed by atoms with E-state index in [1.807, 2.05) is 88.4 Å². The lowest BCUT2D eigenvalue weighted by Crippen LogP contribution is -2.59. The molecule has 0 aliphatic carbocycles. The number of hydrogen-bond donors (Lipinski definition) is 4. The van der Waals surface area contributed by atoms with Gasteiger partial charge in [0.25, 0.3) is 0 Å². The third-order valence-corrected chi connectivity index (χ3v) is 7.56. The minimum atomic E-state index is -1.00. The lowest BCUT2D eigenvalue weighted by Gasteiger charge is -2.38. The first-order chi connectivity index (χ1) is 21.5. The van der Waals surface area contributed by atoms with Crippen LogP contribution in [0, 0.1) is 17.8 Å². The van der Waals surface area contributed by atoms with E-state index in [1.54, 1.807) is 4.90 Å². The molecule has 1 saturated heterocycles. The van der Waals surface area contributed by atoms with Gasteiger partial charge in [0, 0.05) is 19.6 Å². The predicted molar refractivity (Wildman–Crippen MR) is 170 cm³/mol. The number of alkyl carbamates (subject to hydrolysis) is 2. The molecule has 11 nitrogen and oxygen atoms in total. The highest BCUT2D eigenvalue weighted by Gasteiger charge is 2.35. The zero-order valence-corrected chi connectivity index (χ0v) is 26.7. The Hall–Kier alpha value is -4.12. The predicted octanol–water partition coefficient (Wildman–Crippen LogP) is 3.99. The van der Waals surface area contributed by atoms with Crippen LogP contribution in [0.1, 0.15) is 58.1 Å². The van der Waals surface area contributed by atoms with Crippen molar-refractivity contribution in [1.82, 2.24) is 20.9 Å². The summed E-state index contributed by atoms with van der Waals surface area (Å²) < 4.78 is 10.6. The van der Waals surface area contributed by atoms with Gasteiger partial charge in [-0.15, -0.1) is 0 Å². The van der Waals surface area contributed by atoms with Crippen molar-refractivity contribution >= 4 is 24.0 Å². The molecule has 2 unspecified atom stereocenters. The number of amides is 4. The van der Waals surface area contributed by atoms with Gasteiger partial charge in [-0.1, -0.05) is 88.4 Å². The summed E-state index contributed by atoms with van der Waals surface area (Å²) in [5.41, 5.74) is 1.69. The third-order valence-electron chi connectivity index (χ3n) is 7.56. The van der Waals surface area contributed by atoms with Crippen molar-refractivity contribution in [2.24, 2.45) is 17.8 Å². The number of benzene rings is 2. The van der Waals surface area contributed by atoms with Crippen LogP contribution in [0.4, 0.5) is 9.59 Å². The van der Waals surface area contributed by atoms with Gasteiger partial charge in [-0.3, -0.25) is 9.59 Å². The normalized spacial score (nSPS) is 17.7. The monoisotopic (exact) mass is 624 g/mol. The van der Waals surface area contributed by atoms with Gasteiger partial charge in [-0.2, -0.15) is 0 Å². The SMILES string of the molecule is CC(C)C[C@@H](CNC(=O)OCc1ccccc1)C(=O)N1CCC(NC(=O)[C@H](CC(C)C)NC(=O)OCc2ccccc2)C(O)C1. The van der Waals surface area contributed by atoms with Crippen LogP contribution in [0.5, 0.6) is 0 Å². The quantitative estimate of drug-likeness (QED) is 0.249. The Morgan fingerprint density at radius 3 is 1.93 bits per heavy atom. The zero-order valence-electron chi connectivity index (χ0n) is 26.7. The van der Waals surface area contributed by atoms with Crippen LogP contribution < -0.4 is 16.0 Å². The Labute approximate surface area is 266 Å². The number of rotatable bonds is 14. The van der Waals surface area contributed by atoms with Crippen molar-refractivity contribution in [2.75, 3.05) is 19.6 Å². The number of hydrogen-bond acceptors (Lipinski definition) is 7. The van der Waals surface area contributed by atoms with Crippen molar-refractivity contribution in [1.29, 1.82) is 0 Å². The van der Waals surface area contributed by atoms with Crippen LogP contribution in [0.2, 0.25) is 0 Å². The van der Waals surface area contributed by atoms with Gasteiger partial charge >= 0.3 is 12.2 Å². The molecule has 0 aromatic heterocycles. The summed E-state index contributed by atoms with van der Waals surface area (Å²) >= 11 is 0. The number of nitrogens with zero attached hydrogens (tertiary/aromatic N) is 1. The van der Waals surface area contributed by atoms with Crippen molar-refractivity contribution < 1.29 is 33.8 Å². The molecule has 4 atom stereocenters. The van der Waals surface area contributed by atoms with Crippen molar-refractivity contribution in [3.05, 3.63) is 71.8 Å². The maximum atomic E-state index is 13.5. The Bertz CT molecular complexity index is 1230. The number of likely N-dealkylation sites (tertiary alicyclic amines) is 1. The van der Waals surface area contributed by atoms with E-state index in [9.17, 15) is 24.3 Å². The number of aliphatic hydroxyl groups is 1. The molecule has 1 fully saturated rings.